The van der Waals surface area contributed by atoms with Crippen molar-refractivity contribution < 1.29 is 9.53 Å². The molecule has 83 valence electrons. The van der Waals surface area contributed by atoms with E-state index in [0.29, 0.717) is 0 Å². The molecule has 0 aromatic heterocycles. The van der Waals surface area contributed by atoms with E-state index in [1.54, 1.807) is 7.11 Å². The molecular weight excluding hydrogens is 200 g/mol. The van der Waals surface area contributed by atoms with Crippen LogP contribution in [0.5, 0.6) is 5.75 Å². The van der Waals surface area contributed by atoms with Gasteiger partial charge in [-0.25, -0.2) is 0 Å². The summed E-state index contributed by atoms with van der Waals surface area (Å²) in [5.41, 5.74) is 1.89. The van der Waals surface area contributed by atoms with Gasteiger partial charge in [-0.15, -0.1) is 0 Å². The first kappa shape index (κ1) is 10.9. The molecule has 1 aromatic rings. The van der Waals surface area contributed by atoms with Crippen LogP contribution in [-0.2, 0) is 0 Å². The Morgan fingerprint density at radius 3 is 2.56 bits per heavy atom. The van der Waals surface area contributed by atoms with Gasteiger partial charge in [0, 0.05) is 11.5 Å². The van der Waals surface area contributed by atoms with Gasteiger partial charge in [0.2, 0.25) is 0 Å². The van der Waals surface area contributed by atoms with Gasteiger partial charge in [0.25, 0.3) is 0 Å². The maximum absolute atomic E-state index is 12.1. The van der Waals surface area contributed by atoms with Crippen LogP contribution >= 0.6 is 0 Å². The summed E-state index contributed by atoms with van der Waals surface area (Å²) in [6, 6.07) is 7.26. The van der Waals surface area contributed by atoms with Gasteiger partial charge < -0.3 is 4.74 Å². The number of carbonyl (C=O) groups is 1. The van der Waals surface area contributed by atoms with Crippen molar-refractivity contribution in [1.82, 2.24) is 0 Å². The standard InChI is InChI=1S/C14H15O2/c1-10-3-4-12(9-10)14(15)11-5-7-13(16-2)8-6-11/h4-8,12H,1,3,9H2,2H3. The predicted octanol–water partition coefficient (Wildman–Crippen LogP) is 3.05. The minimum atomic E-state index is 0.0147. The van der Waals surface area contributed by atoms with Crippen LogP contribution < -0.4 is 4.74 Å². The number of methoxy groups -OCH3 is 1. The Bertz CT molecular complexity index is 403. The second-order valence-electron chi connectivity index (χ2n) is 4.09. The van der Waals surface area contributed by atoms with E-state index in [4.69, 9.17) is 4.74 Å². The first-order valence-electron chi connectivity index (χ1n) is 5.39. The van der Waals surface area contributed by atoms with Crippen LogP contribution in [0.4, 0.5) is 0 Å². The summed E-state index contributed by atoms with van der Waals surface area (Å²) >= 11 is 0. The van der Waals surface area contributed by atoms with E-state index in [1.807, 2.05) is 24.3 Å². The third-order valence-corrected chi connectivity index (χ3v) is 2.91. The van der Waals surface area contributed by atoms with Gasteiger partial charge in [-0.2, -0.15) is 0 Å². The van der Waals surface area contributed by atoms with Gasteiger partial charge in [0.05, 0.1) is 7.11 Å². The fraction of sp³-hybridized carbons (Fsp3) is 0.286. The van der Waals surface area contributed by atoms with Gasteiger partial charge in [0.1, 0.15) is 5.75 Å². The summed E-state index contributed by atoms with van der Waals surface area (Å²) in [6.07, 6.45) is 3.71. The number of rotatable bonds is 3. The van der Waals surface area contributed by atoms with Crippen molar-refractivity contribution in [2.45, 2.75) is 12.8 Å². The molecule has 16 heavy (non-hydrogen) atoms. The van der Waals surface area contributed by atoms with E-state index in [2.05, 4.69) is 13.0 Å². The van der Waals surface area contributed by atoms with Crippen LogP contribution in [0.25, 0.3) is 0 Å². The van der Waals surface area contributed by atoms with Crippen molar-refractivity contribution in [3.8, 4) is 5.75 Å². The second-order valence-corrected chi connectivity index (χ2v) is 4.09. The molecule has 2 nitrogen and oxygen atoms in total. The van der Waals surface area contributed by atoms with Crippen molar-refractivity contribution >= 4 is 5.78 Å². The summed E-state index contributed by atoms with van der Waals surface area (Å²) in [4.78, 5) is 12.1. The highest BCUT2D eigenvalue weighted by atomic mass is 16.5. The maximum Gasteiger partial charge on any atom is 0.166 e. The molecule has 1 atom stereocenters. The fourth-order valence-electron chi connectivity index (χ4n) is 1.96. The maximum atomic E-state index is 12.1. The molecule has 1 saturated carbocycles. The molecule has 0 aliphatic heterocycles. The SMILES string of the molecule is C=C1C[CH]C(C(=O)c2ccc(OC)cc2)C1. The fourth-order valence-corrected chi connectivity index (χ4v) is 1.96. The first-order valence-corrected chi connectivity index (χ1v) is 5.39. The first-order chi connectivity index (χ1) is 7.70. The molecule has 0 amide bonds. The molecule has 1 aliphatic carbocycles. The molecule has 1 aromatic carbocycles. The number of carbonyl (C=O) groups excluding carboxylic acids is 1. The van der Waals surface area contributed by atoms with Gasteiger partial charge >= 0.3 is 0 Å². The minimum absolute atomic E-state index is 0.0147. The Labute approximate surface area is 95.9 Å². The Balaban J connectivity index is 2.11. The van der Waals surface area contributed by atoms with Gasteiger partial charge in [-0.1, -0.05) is 12.2 Å². The zero-order valence-corrected chi connectivity index (χ0v) is 9.40. The minimum Gasteiger partial charge on any atom is -0.497 e. The lowest BCUT2D eigenvalue weighted by Gasteiger charge is -2.07. The Kier molecular flexibility index (Phi) is 3.09. The van der Waals surface area contributed by atoms with Gasteiger partial charge in [0.15, 0.2) is 5.78 Å². The highest BCUT2D eigenvalue weighted by Crippen LogP contribution is 2.30. The van der Waals surface area contributed by atoms with E-state index >= 15 is 0 Å². The Hall–Kier alpha value is -1.57. The molecule has 2 rings (SSSR count). The van der Waals surface area contributed by atoms with Gasteiger partial charge in [-0.3, -0.25) is 4.79 Å². The quantitative estimate of drug-likeness (QED) is 0.572. The second kappa shape index (κ2) is 4.52. The summed E-state index contributed by atoms with van der Waals surface area (Å²) in [5, 5.41) is 0. The van der Waals surface area contributed by atoms with Crippen LogP contribution in [0.1, 0.15) is 23.2 Å². The molecule has 1 aliphatic rings. The lowest BCUT2D eigenvalue weighted by Crippen LogP contribution is -2.11. The number of Topliss-reactive ketones (excluding diaryl/α,β-unsaturated/α-hetero) is 1. The average Bonchev–Trinajstić information content (AvgIpc) is 2.75. The Morgan fingerprint density at radius 2 is 2.06 bits per heavy atom. The lowest BCUT2D eigenvalue weighted by molar-refractivity contribution is 0.0942. The van der Waals surface area contributed by atoms with Crippen LogP contribution in [0, 0.1) is 12.3 Å². The highest BCUT2D eigenvalue weighted by molar-refractivity contribution is 5.99. The van der Waals surface area contributed by atoms with E-state index in [0.717, 1.165) is 29.7 Å². The van der Waals surface area contributed by atoms with Crippen molar-refractivity contribution in [3.63, 3.8) is 0 Å². The largest absolute Gasteiger partial charge is 0.497 e. The molecule has 0 bridgehead atoms. The zero-order valence-electron chi connectivity index (χ0n) is 9.40. The predicted molar refractivity (Wildman–Crippen MR) is 63.5 cm³/mol. The third kappa shape index (κ3) is 2.16. The lowest BCUT2D eigenvalue weighted by atomic mass is 9.96. The number of hydrogen-bond donors (Lipinski definition) is 0. The molecule has 1 radical (unpaired) electrons. The topological polar surface area (TPSA) is 26.3 Å². The molecule has 0 heterocycles. The molecule has 0 spiro atoms. The molecular formula is C14H15O2. The molecule has 2 heteroatoms. The van der Waals surface area contributed by atoms with E-state index in [1.165, 1.54) is 0 Å². The van der Waals surface area contributed by atoms with Crippen LogP contribution in [-0.4, -0.2) is 12.9 Å². The highest BCUT2D eigenvalue weighted by Gasteiger charge is 2.25. The van der Waals surface area contributed by atoms with Crippen molar-refractivity contribution in [1.29, 1.82) is 0 Å². The van der Waals surface area contributed by atoms with Gasteiger partial charge in [-0.05, 0) is 43.5 Å². The monoisotopic (exact) mass is 215 g/mol. The molecule has 0 N–H and O–H groups in total. The van der Waals surface area contributed by atoms with Crippen LogP contribution in [0.15, 0.2) is 36.4 Å². The smallest absolute Gasteiger partial charge is 0.166 e. The summed E-state index contributed by atoms with van der Waals surface area (Å²) in [7, 11) is 1.62. The number of hydrogen-bond acceptors (Lipinski definition) is 2. The van der Waals surface area contributed by atoms with E-state index in [-0.39, 0.29) is 11.7 Å². The number of ether oxygens (including phenoxy) is 1. The van der Waals surface area contributed by atoms with Crippen molar-refractivity contribution in [3.05, 3.63) is 48.4 Å². The molecule has 0 saturated heterocycles. The average molecular weight is 215 g/mol. The van der Waals surface area contributed by atoms with Crippen LogP contribution in [0.3, 0.4) is 0 Å². The van der Waals surface area contributed by atoms with Crippen LogP contribution in [0.2, 0.25) is 0 Å². The third-order valence-electron chi connectivity index (χ3n) is 2.91. The Morgan fingerprint density at radius 1 is 1.38 bits per heavy atom. The van der Waals surface area contributed by atoms with Crippen molar-refractivity contribution in [2.24, 2.45) is 5.92 Å². The summed E-state index contributed by atoms with van der Waals surface area (Å²) in [6.45, 7) is 3.90. The summed E-state index contributed by atoms with van der Waals surface area (Å²) < 4.78 is 5.06. The molecule has 1 fully saturated rings. The number of allylic oxidation sites excluding steroid dienone is 1. The van der Waals surface area contributed by atoms with Crippen molar-refractivity contribution in [2.75, 3.05) is 7.11 Å². The van der Waals surface area contributed by atoms with E-state index < -0.39 is 0 Å². The summed E-state index contributed by atoms with van der Waals surface area (Å²) in [5.74, 6) is 0.971. The number of benzene rings is 1. The normalized spacial score (nSPS) is 19.8. The molecule has 1 unspecified atom stereocenters. The van der Waals surface area contributed by atoms with E-state index in [9.17, 15) is 4.79 Å². The number of ketones is 1. The zero-order chi connectivity index (χ0) is 11.5.